The van der Waals surface area contributed by atoms with Gasteiger partial charge in [0.25, 0.3) is 5.91 Å². The zero-order valence-corrected chi connectivity index (χ0v) is 15.8. The molecule has 1 amide bonds. The first-order valence-electron chi connectivity index (χ1n) is 8.19. The Bertz CT molecular complexity index is 762. The number of amides is 1. The summed E-state index contributed by atoms with van der Waals surface area (Å²) >= 11 is 1.28. The molecule has 1 aromatic carbocycles. The minimum Gasteiger partial charge on any atom is -0.481 e. The summed E-state index contributed by atoms with van der Waals surface area (Å²) in [5, 5.41) is 12.2. The van der Waals surface area contributed by atoms with Gasteiger partial charge in [0.15, 0.2) is 0 Å². The molecule has 1 heterocycles. The van der Waals surface area contributed by atoms with Gasteiger partial charge in [0, 0.05) is 12.0 Å². The summed E-state index contributed by atoms with van der Waals surface area (Å²) in [6.07, 6.45) is 0.381. The minimum absolute atomic E-state index is 0.0869. The number of carbonyl (C=O) groups excluding carboxylic acids is 1. The van der Waals surface area contributed by atoms with Crippen LogP contribution >= 0.6 is 11.3 Å². The molecule has 0 aliphatic heterocycles. The standard InChI is InChI=1S/C19H24N2O3S/c1-12-6-5-7-13(8-12)9-14(18(23)24)10-20-17(22)15-16(19(2,3)4)21-11-25-15/h5-8,11,14H,9-10H2,1-4H3,(H,20,22)(H,23,24). The monoisotopic (exact) mass is 360 g/mol. The van der Waals surface area contributed by atoms with Gasteiger partial charge in [-0.25, -0.2) is 4.98 Å². The number of nitrogens with one attached hydrogen (secondary N) is 1. The number of carboxylic acids is 1. The van der Waals surface area contributed by atoms with E-state index in [9.17, 15) is 14.7 Å². The van der Waals surface area contributed by atoms with Crippen LogP contribution < -0.4 is 5.32 Å². The minimum atomic E-state index is -0.915. The first kappa shape index (κ1) is 19.1. The molecule has 2 rings (SSSR count). The summed E-state index contributed by atoms with van der Waals surface area (Å²) in [6.45, 7) is 8.05. The van der Waals surface area contributed by atoms with E-state index in [2.05, 4.69) is 10.3 Å². The molecule has 6 heteroatoms. The van der Waals surface area contributed by atoms with E-state index in [4.69, 9.17) is 0 Å². The molecule has 0 radical (unpaired) electrons. The SMILES string of the molecule is Cc1cccc(CC(CNC(=O)c2scnc2C(C)(C)C)C(=O)O)c1. The van der Waals surface area contributed by atoms with E-state index in [-0.39, 0.29) is 17.9 Å². The number of carboxylic acid groups (broad SMARTS) is 1. The Hall–Kier alpha value is -2.21. The number of hydrogen-bond acceptors (Lipinski definition) is 4. The third-order valence-electron chi connectivity index (χ3n) is 3.91. The zero-order valence-electron chi connectivity index (χ0n) is 15.0. The summed E-state index contributed by atoms with van der Waals surface area (Å²) < 4.78 is 0. The van der Waals surface area contributed by atoms with Crippen LogP contribution in [0.2, 0.25) is 0 Å². The number of hydrogen-bond donors (Lipinski definition) is 2. The third-order valence-corrected chi connectivity index (χ3v) is 4.73. The molecule has 1 atom stereocenters. The van der Waals surface area contributed by atoms with Crippen molar-refractivity contribution in [3.63, 3.8) is 0 Å². The second-order valence-electron chi connectivity index (χ2n) is 7.22. The Balaban J connectivity index is 2.05. The molecule has 2 N–H and O–H groups in total. The number of rotatable bonds is 6. The molecule has 0 saturated carbocycles. The maximum absolute atomic E-state index is 12.5. The van der Waals surface area contributed by atoms with Gasteiger partial charge in [0.2, 0.25) is 0 Å². The molecular weight excluding hydrogens is 336 g/mol. The van der Waals surface area contributed by atoms with Gasteiger partial charge in [-0.3, -0.25) is 9.59 Å². The number of aryl methyl sites for hydroxylation is 1. The molecule has 134 valence electrons. The Labute approximate surface area is 152 Å². The molecule has 0 saturated heterocycles. The van der Waals surface area contributed by atoms with Crippen molar-refractivity contribution in [1.29, 1.82) is 0 Å². The predicted molar refractivity (Wildman–Crippen MR) is 99.2 cm³/mol. The normalized spacial score (nSPS) is 12.6. The molecule has 0 fully saturated rings. The fourth-order valence-corrected chi connectivity index (χ4v) is 3.52. The number of nitrogens with zero attached hydrogens (tertiary/aromatic N) is 1. The van der Waals surface area contributed by atoms with Gasteiger partial charge >= 0.3 is 5.97 Å². The molecule has 1 unspecified atom stereocenters. The summed E-state index contributed by atoms with van der Waals surface area (Å²) in [7, 11) is 0. The van der Waals surface area contributed by atoms with Gasteiger partial charge < -0.3 is 10.4 Å². The molecule has 25 heavy (non-hydrogen) atoms. The van der Waals surface area contributed by atoms with Crippen LogP contribution in [0.1, 0.15) is 47.3 Å². The van der Waals surface area contributed by atoms with Crippen LogP contribution in [0.4, 0.5) is 0 Å². The Morgan fingerprint density at radius 3 is 2.64 bits per heavy atom. The average molecular weight is 360 g/mol. The molecule has 5 nitrogen and oxygen atoms in total. The van der Waals surface area contributed by atoms with E-state index in [0.29, 0.717) is 11.3 Å². The van der Waals surface area contributed by atoms with Crippen LogP contribution in [-0.4, -0.2) is 28.5 Å². The van der Waals surface area contributed by atoms with Crippen molar-refractivity contribution in [2.45, 2.75) is 39.5 Å². The largest absolute Gasteiger partial charge is 0.481 e. The van der Waals surface area contributed by atoms with Crippen LogP contribution in [0.5, 0.6) is 0 Å². The Morgan fingerprint density at radius 1 is 1.32 bits per heavy atom. The Morgan fingerprint density at radius 2 is 2.04 bits per heavy atom. The summed E-state index contributed by atoms with van der Waals surface area (Å²) in [6, 6.07) is 7.76. The van der Waals surface area contributed by atoms with Crippen molar-refractivity contribution in [1.82, 2.24) is 10.3 Å². The van der Waals surface area contributed by atoms with E-state index in [1.54, 1.807) is 5.51 Å². The maximum Gasteiger partial charge on any atom is 0.308 e. The summed E-state index contributed by atoms with van der Waals surface area (Å²) in [4.78, 5) is 28.9. The average Bonchev–Trinajstić information content (AvgIpc) is 3.00. The van der Waals surface area contributed by atoms with Gasteiger partial charge in [0.05, 0.1) is 17.1 Å². The zero-order chi connectivity index (χ0) is 18.6. The fraction of sp³-hybridized carbons (Fsp3) is 0.421. The number of aromatic nitrogens is 1. The van der Waals surface area contributed by atoms with Crippen LogP contribution in [-0.2, 0) is 16.6 Å². The smallest absolute Gasteiger partial charge is 0.308 e. The lowest BCUT2D eigenvalue weighted by molar-refractivity contribution is -0.141. The highest BCUT2D eigenvalue weighted by Gasteiger charge is 2.26. The van der Waals surface area contributed by atoms with Crippen LogP contribution in [0.3, 0.4) is 0 Å². The van der Waals surface area contributed by atoms with Crippen molar-refractivity contribution in [3.05, 3.63) is 51.5 Å². The Kier molecular flexibility index (Phi) is 5.95. The third kappa shape index (κ3) is 5.13. The van der Waals surface area contributed by atoms with Crippen molar-refractivity contribution < 1.29 is 14.7 Å². The lowest BCUT2D eigenvalue weighted by Crippen LogP contribution is -2.34. The van der Waals surface area contributed by atoms with E-state index in [0.717, 1.165) is 16.8 Å². The summed E-state index contributed by atoms with van der Waals surface area (Å²) in [5.41, 5.74) is 4.19. The molecule has 0 aliphatic rings. The lowest BCUT2D eigenvalue weighted by Gasteiger charge is -2.18. The summed E-state index contributed by atoms with van der Waals surface area (Å²) in [5.74, 6) is -1.85. The lowest BCUT2D eigenvalue weighted by atomic mass is 9.91. The van der Waals surface area contributed by atoms with Crippen LogP contribution in [0, 0.1) is 12.8 Å². The molecule has 0 bridgehead atoms. The predicted octanol–water partition coefficient (Wildman–Crippen LogP) is 3.42. The molecular formula is C19H24N2O3S. The van der Waals surface area contributed by atoms with Crippen molar-refractivity contribution in [2.24, 2.45) is 5.92 Å². The van der Waals surface area contributed by atoms with Crippen LogP contribution in [0.25, 0.3) is 0 Å². The highest BCUT2D eigenvalue weighted by molar-refractivity contribution is 7.11. The molecule has 1 aromatic heterocycles. The topological polar surface area (TPSA) is 79.3 Å². The van der Waals surface area contributed by atoms with E-state index in [1.165, 1.54) is 11.3 Å². The van der Waals surface area contributed by atoms with E-state index >= 15 is 0 Å². The maximum atomic E-state index is 12.5. The first-order chi connectivity index (χ1) is 11.7. The van der Waals surface area contributed by atoms with Crippen molar-refractivity contribution in [2.75, 3.05) is 6.54 Å². The number of aliphatic carboxylic acids is 1. The second kappa shape index (κ2) is 7.78. The number of benzene rings is 1. The molecule has 0 spiro atoms. The van der Waals surface area contributed by atoms with Crippen molar-refractivity contribution in [3.8, 4) is 0 Å². The quantitative estimate of drug-likeness (QED) is 0.827. The first-order valence-corrected chi connectivity index (χ1v) is 9.07. The van der Waals surface area contributed by atoms with Crippen molar-refractivity contribution >= 4 is 23.2 Å². The van der Waals surface area contributed by atoms with Gasteiger partial charge in [-0.2, -0.15) is 0 Å². The van der Waals surface area contributed by atoms with E-state index in [1.807, 2.05) is 52.0 Å². The van der Waals surface area contributed by atoms with Crippen LogP contribution in [0.15, 0.2) is 29.8 Å². The molecule has 2 aromatic rings. The van der Waals surface area contributed by atoms with Gasteiger partial charge in [-0.15, -0.1) is 11.3 Å². The molecule has 0 aliphatic carbocycles. The van der Waals surface area contributed by atoms with Gasteiger partial charge in [0.1, 0.15) is 4.88 Å². The fourth-order valence-electron chi connectivity index (χ4n) is 2.61. The highest BCUT2D eigenvalue weighted by Crippen LogP contribution is 2.27. The van der Waals surface area contributed by atoms with Gasteiger partial charge in [-0.05, 0) is 18.9 Å². The number of thiazole rings is 1. The highest BCUT2D eigenvalue weighted by atomic mass is 32.1. The number of carbonyl (C=O) groups is 2. The van der Waals surface area contributed by atoms with E-state index < -0.39 is 11.9 Å². The van der Waals surface area contributed by atoms with Gasteiger partial charge in [-0.1, -0.05) is 50.6 Å². The second-order valence-corrected chi connectivity index (χ2v) is 8.07.